The van der Waals surface area contributed by atoms with Gasteiger partial charge >= 0.3 is 0 Å². The van der Waals surface area contributed by atoms with E-state index in [2.05, 4.69) is 48.0 Å². The number of nitrogens with zero attached hydrogens (tertiary/aromatic N) is 3. The van der Waals surface area contributed by atoms with Crippen molar-refractivity contribution in [2.45, 2.75) is 33.7 Å². The molecule has 4 nitrogen and oxygen atoms in total. The number of hydrogen-bond acceptors (Lipinski definition) is 4. The Labute approximate surface area is 104 Å². The quantitative estimate of drug-likeness (QED) is 0.849. The number of anilines is 1. The summed E-state index contributed by atoms with van der Waals surface area (Å²) < 4.78 is 0. The van der Waals surface area contributed by atoms with Crippen molar-refractivity contribution in [3.05, 3.63) is 18.1 Å². The van der Waals surface area contributed by atoms with Gasteiger partial charge in [-0.05, 0) is 24.9 Å². The van der Waals surface area contributed by atoms with Crippen molar-refractivity contribution < 1.29 is 0 Å². The zero-order chi connectivity index (χ0) is 12.9. The van der Waals surface area contributed by atoms with E-state index in [-0.39, 0.29) is 0 Å². The smallest absolute Gasteiger partial charge is 0.144 e. The maximum atomic E-state index is 4.52. The van der Waals surface area contributed by atoms with Crippen LogP contribution in [0.2, 0.25) is 0 Å². The van der Waals surface area contributed by atoms with Gasteiger partial charge in [0.15, 0.2) is 0 Å². The molecule has 96 valence electrons. The van der Waals surface area contributed by atoms with Crippen LogP contribution in [0.3, 0.4) is 0 Å². The average molecular weight is 236 g/mol. The van der Waals surface area contributed by atoms with Gasteiger partial charge in [-0.3, -0.25) is 0 Å². The van der Waals surface area contributed by atoms with Crippen molar-refractivity contribution in [2.75, 3.05) is 25.5 Å². The second kappa shape index (κ2) is 5.96. The first-order valence-corrected chi connectivity index (χ1v) is 6.10. The van der Waals surface area contributed by atoms with Crippen LogP contribution in [0.25, 0.3) is 0 Å². The monoisotopic (exact) mass is 236 g/mol. The Kier molecular flexibility index (Phi) is 4.87. The van der Waals surface area contributed by atoms with Crippen LogP contribution in [-0.2, 0) is 6.54 Å². The standard InChI is InChI=1S/C13H24N4/c1-13(2,3)7-9-17(5)12-6-8-15-11(16-12)10-14-4/h6,8,14H,7,9-10H2,1-5H3. The molecule has 0 unspecified atom stereocenters. The minimum Gasteiger partial charge on any atom is -0.360 e. The maximum absolute atomic E-state index is 4.52. The van der Waals surface area contributed by atoms with Gasteiger partial charge in [0.05, 0.1) is 6.54 Å². The van der Waals surface area contributed by atoms with Crippen molar-refractivity contribution in [1.29, 1.82) is 0 Å². The van der Waals surface area contributed by atoms with Gasteiger partial charge in [-0.2, -0.15) is 0 Å². The molecule has 17 heavy (non-hydrogen) atoms. The summed E-state index contributed by atoms with van der Waals surface area (Å²) in [6.07, 6.45) is 2.97. The molecule has 1 aromatic heterocycles. The Morgan fingerprint density at radius 1 is 1.35 bits per heavy atom. The normalized spacial score (nSPS) is 11.6. The molecule has 0 radical (unpaired) electrons. The van der Waals surface area contributed by atoms with E-state index in [0.29, 0.717) is 12.0 Å². The molecule has 0 aliphatic rings. The van der Waals surface area contributed by atoms with Crippen molar-refractivity contribution in [3.8, 4) is 0 Å². The predicted octanol–water partition coefficient (Wildman–Crippen LogP) is 2.07. The Morgan fingerprint density at radius 2 is 2.06 bits per heavy atom. The Hall–Kier alpha value is -1.16. The fraction of sp³-hybridized carbons (Fsp3) is 0.692. The predicted molar refractivity (Wildman–Crippen MR) is 72.1 cm³/mol. The lowest BCUT2D eigenvalue weighted by Crippen LogP contribution is -2.24. The molecule has 1 N–H and O–H groups in total. The third-order valence-corrected chi connectivity index (χ3v) is 2.61. The lowest BCUT2D eigenvalue weighted by Gasteiger charge is -2.24. The fourth-order valence-electron chi connectivity index (χ4n) is 1.46. The molecule has 0 aliphatic heterocycles. The average Bonchev–Trinajstić information content (AvgIpc) is 2.26. The second-order valence-corrected chi connectivity index (χ2v) is 5.59. The van der Waals surface area contributed by atoms with Crippen molar-refractivity contribution in [2.24, 2.45) is 5.41 Å². The van der Waals surface area contributed by atoms with E-state index in [1.807, 2.05) is 19.3 Å². The van der Waals surface area contributed by atoms with E-state index in [1.54, 1.807) is 0 Å². The van der Waals surface area contributed by atoms with Gasteiger partial charge in [0.25, 0.3) is 0 Å². The Bertz CT molecular complexity index is 344. The fourth-order valence-corrected chi connectivity index (χ4v) is 1.46. The Morgan fingerprint density at radius 3 is 2.65 bits per heavy atom. The summed E-state index contributed by atoms with van der Waals surface area (Å²) >= 11 is 0. The minimum absolute atomic E-state index is 0.356. The molecule has 0 saturated carbocycles. The third-order valence-electron chi connectivity index (χ3n) is 2.61. The van der Waals surface area contributed by atoms with Crippen LogP contribution in [0.15, 0.2) is 12.3 Å². The highest BCUT2D eigenvalue weighted by atomic mass is 15.2. The van der Waals surface area contributed by atoms with Gasteiger partial charge in [-0.15, -0.1) is 0 Å². The summed E-state index contributed by atoms with van der Waals surface area (Å²) in [7, 11) is 3.98. The lowest BCUT2D eigenvalue weighted by molar-refractivity contribution is 0.381. The van der Waals surface area contributed by atoms with E-state index in [1.165, 1.54) is 0 Å². The Balaban J connectivity index is 2.62. The second-order valence-electron chi connectivity index (χ2n) is 5.59. The van der Waals surface area contributed by atoms with Crippen LogP contribution >= 0.6 is 0 Å². The number of nitrogens with one attached hydrogen (secondary N) is 1. The molecule has 1 rings (SSSR count). The molecular weight excluding hydrogens is 212 g/mol. The summed E-state index contributed by atoms with van der Waals surface area (Å²) in [4.78, 5) is 10.9. The largest absolute Gasteiger partial charge is 0.360 e. The molecule has 0 fully saturated rings. The summed E-state index contributed by atoms with van der Waals surface area (Å²) in [6, 6.07) is 1.96. The molecule has 0 saturated heterocycles. The van der Waals surface area contributed by atoms with Gasteiger partial charge in [-0.25, -0.2) is 9.97 Å². The van der Waals surface area contributed by atoms with E-state index >= 15 is 0 Å². The van der Waals surface area contributed by atoms with Gasteiger partial charge in [0, 0.05) is 19.8 Å². The summed E-state index contributed by atoms with van der Waals surface area (Å²) in [5.41, 5.74) is 0.356. The van der Waals surface area contributed by atoms with Gasteiger partial charge < -0.3 is 10.2 Å². The molecule has 1 aromatic rings. The first-order chi connectivity index (χ1) is 7.92. The van der Waals surface area contributed by atoms with Crippen molar-refractivity contribution in [3.63, 3.8) is 0 Å². The zero-order valence-electron chi connectivity index (χ0n) is 11.6. The number of rotatable bonds is 5. The topological polar surface area (TPSA) is 41.1 Å². The van der Waals surface area contributed by atoms with Crippen LogP contribution in [0.1, 0.15) is 33.0 Å². The van der Waals surface area contributed by atoms with E-state index in [4.69, 9.17) is 0 Å². The van der Waals surface area contributed by atoms with Crippen LogP contribution in [-0.4, -0.2) is 30.6 Å². The van der Waals surface area contributed by atoms with E-state index in [0.717, 1.165) is 24.6 Å². The molecule has 0 aliphatic carbocycles. The van der Waals surface area contributed by atoms with Crippen LogP contribution in [0, 0.1) is 5.41 Å². The van der Waals surface area contributed by atoms with Gasteiger partial charge in [-0.1, -0.05) is 20.8 Å². The lowest BCUT2D eigenvalue weighted by atomic mass is 9.92. The number of aromatic nitrogens is 2. The van der Waals surface area contributed by atoms with Gasteiger partial charge in [0.1, 0.15) is 11.6 Å². The molecule has 0 atom stereocenters. The van der Waals surface area contributed by atoms with Crippen LogP contribution in [0.4, 0.5) is 5.82 Å². The molecule has 0 spiro atoms. The first-order valence-electron chi connectivity index (χ1n) is 6.10. The van der Waals surface area contributed by atoms with Crippen LogP contribution < -0.4 is 10.2 Å². The van der Waals surface area contributed by atoms with Gasteiger partial charge in [0.2, 0.25) is 0 Å². The van der Waals surface area contributed by atoms with E-state index in [9.17, 15) is 0 Å². The molecule has 4 heteroatoms. The summed E-state index contributed by atoms with van der Waals surface area (Å²) in [5, 5.41) is 3.06. The zero-order valence-corrected chi connectivity index (χ0v) is 11.6. The highest BCUT2D eigenvalue weighted by Crippen LogP contribution is 2.20. The molecular formula is C13H24N4. The minimum atomic E-state index is 0.356. The summed E-state index contributed by atoms with van der Waals surface area (Å²) in [5.74, 6) is 1.84. The molecule has 0 amide bonds. The summed E-state index contributed by atoms with van der Waals surface area (Å²) in [6.45, 7) is 8.49. The molecule has 1 heterocycles. The van der Waals surface area contributed by atoms with E-state index < -0.39 is 0 Å². The highest BCUT2D eigenvalue weighted by molar-refractivity contribution is 5.36. The number of hydrogen-bond donors (Lipinski definition) is 1. The SMILES string of the molecule is CNCc1nccc(N(C)CCC(C)(C)C)n1. The first kappa shape index (κ1) is 13.9. The van der Waals surface area contributed by atoms with Crippen molar-refractivity contribution >= 4 is 5.82 Å². The maximum Gasteiger partial charge on any atom is 0.144 e. The van der Waals surface area contributed by atoms with Crippen LogP contribution in [0.5, 0.6) is 0 Å². The molecule has 0 bridgehead atoms. The third kappa shape index (κ3) is 5.13. The van der Waals surface area contributed by atoms with Crippen molar-refractivity contribution in [1.82, 2.24) is 15.3 Å². The molecule has 0 aromatic carbocycles. The highest BCUT2D eigenvalue weighted by Gasteiger charge is 2.12.